The number of amides is 1. The highest BCUT2D eigenvalue weighted by molar-refractivity contribution is 7.13. The SMILES string of the molecule is O=C(c1scc(-c2ccc(F)cc2)c1-n1cccc1)N1CCCC1. The van der Waals surface area contributed by atoms with E-state index < -0.39 is 0 Å². The van der Waals surface area contributed by atoms with Crippen LogP contribution in [0.2, 0.25) is 0 Å². The highest BCUT2D eigenvalue weighted by Crippen LogP contribution is 2.36. The van der Waals surface area contributed by atoms with E-state index in [1.54, 1.807) is 12.1 Å². The first-order chi connectivity index (χ1) is 11.7. The van der Waals surface area contributed by atoms with Gasteiger partial charge in [0.05, 0.1) is 5.69 Å². The Labute approximate surface area is 144 Å². The van der Waals surface area contributed by atoms with Gasteiger partial charge in [-0.1, -0.05) is 12.1 Å². The van der Waals surface area contributed by atoms with Gasteiger partial charge in [-0.25, -0.2) is 4.39 Å². The van der Waals surface area contributed by atoms with Gasteiger partial charge in [-0.3, -0.25) is 4.79 Å². The van der Waals surface area contributed by atoms with Crippen LogP contribution in [0.25, 0.3) is 16.8 Å². The molecule has 0 N–H and O–H groups in total. The molecule has 2 aromatic heterocycles. The van der Waals surface area contributed by atoms with Crippen molar-refractivity contribution in [3.63, 3.8) is 0 Å². The van der Waals surface area contributed by atoms with Gasteiger partial charge in [-0.15, -0.1) is 11.3 Å². The van der Waals surface area contributed by atoms with Crippen molar-refractivity contribution in [2.75, 3.05) is 13.1 Å². The molecule has 5 heteroatoms. The summed E-state index contributed by atoms with van der Waals surface area (Å²) in [5.41, 5.74) is 2.75. The lowest BCUT2D eigenvalue weighted by atomic mass is 10.1. The van der Waals surface area contributed by atoms with E-state index in [2.05, 4.69) is 0 Å². The first kappa shape index (κ1) is 15.1. The number of aromatic nitrogens is 1. The van der Waals surface area contributed by atoms with Crippen LogP contribution in [0, 0.1) is 5.82 Å². The Morgan fingerprint density at radius 2 is 1.71 bits per heavy atom. The van der Waals surface area contributed by atoms with Gasteiger partial charge in [0.15, 0.2) is 0 Å². The first-order valence-electron chi connectivity index (χ1n) is 8.04. The molecule has 4 rings (SSSR count). The number of benzene rings is 1. The van der Waals surface area contributed by atoms with Gasteiger partial charge in [0.1, 0.15) is 10.7 Å². The van der Waals surface area contributed by atoms with Crippen LogP contribution in [0.3, 0.4) is 0 Å². The Morgan fingerprint density at radius 1 is 1.04 bits per heavy atom. The lowest BCUT2D eigenvalue weighted by Gasteiger charge is -2.16. The van der Waals surface area contributed by atoms with Crippen molar-refractivity contribution >= 4 is 17.2 Å². The molecule has 3 aromatic rings. The monoisotopic (exact) mass is 340 g/mol. The average Bonchev–Trinajstić information content (AvgIpc) is 3.34. The van der Waals surface area contributed by atoms with Crippen LogP contribution in [0.1, 0.15) is 22.5 Å². The molecule has 1 aromatic carbocycles. The summed E-state index contributed by atoms with van der Waals surface area (Å²) in [6, 6.07) is 10.3. The van der Waals surface area contributed by atoms with Crippen molar-refractivity contribution in [3.05, 3.63) is 64.9 Å². The number of likely N-dealkylation sites (tertiary alicyclic amines) is 1. The molecule has 1 aliphatic rings. The van der Waals surface area contributed by atoms with Gasteiger partial charge in [-0.05, 0) is 42.7 Å². The fraction of sp³-hybridized carbons (Fsp3) is 0.211. The van der Waals surface area contributed by atoms with E-state index in [0.717, 1.165) is 47.6 Å². The molecule has 0 bridgehead atoms. The second-order valence-corrected chi connectivity index (χ2v) is 6.80. The number of thiophene rings is 1. The highest BCUT2D eigenvalue weighted by Gasteiger charge is 2.26. The third-order valence-electron chi connectivity index (χ3n) is 4.37. The summed E-state index contributed by atoms with van der Waals surface area (Å²) in [7, 11) is 0. The zero-order chi connectivity index (χ0) is 16.5. The molecule has 3 heterocycles. The number of nitrogens with zero attached hydrogens (tertiary/aromatic N) is 2. The standard InChI is InChI=1S/C19H17FN2OS/c20-15-7-5-14(6-8-15)16-13-24-18(17(16)21-9-1-2-10-21)19(23)22-11-3-4-12-22/h1-2,5-10,13H,3-4,11-12H2. The van der Waals surface area contributed by atoms with Crippen LogP contribution >= 0.6 is 11.3 Å². The molecule has 1 saturated heterocycles. The highest BCUT2D eigenvalue weighted by atomic mass is 32.1. The molecule has 0 atom stereocenters. The van der Waals surface area contributed by atoms with Crippen molar-refractivity contribution in [2.45, 2.75) is 12.8 Å². The van der Waals surface area contributed by atoms with Crippen molar-refractivity contribution in [2.24, 2.45) is 0 Å². The predicted molar refractivity (Wildman–Crippen MR) is 94.2 cm³/mol. The average molecular weight is 340 g/mol. The quantitative estimate of drug-likeness (QED) is 0.685. The topological polar surface area (TPSA) is 25.2 Å². The molecule has 0 spiro atoms. The molecule has 1 aliphatic heterocycles. The number of hydrogen-bond acceptors (Lipinski definition) is 2. The van der Waals surface area contributed by atoms with Crippen molar-refractivity contribution in [1.29, 1.82) is 0 Å². The summed E-state index contributed by atoms with van der Waals surface area (Å²) in [4.78, 5) is 15.6. The zero-order valence-corrected chi connectivity index (χ0v) is 13.9. The normalized spacial score (nSPS) is 14.3. The van der Waals surface area contributed by atoms with Crippen molar-refractivity contribution < 1.29 is 9.18 Å². The predicted octanol–water partition coefficient (Wildman–Crippen LogP) is 4.58. The smallest absolute Gasteiger partial charge is 0.266 e. The third kappa shape index (κ3) is 2.65. The summed E-state index contributed by atoms with van der Waals surface area (Å²) in [5, 5.41) is 1.99. The fourth-order valence-electron chi connectivity index (χ4n) is 3.14. The number of carbonyl (C=O) groups is 1. The number of hydrogen-bond donors (Lipinski definition) is 0. The number of halogens is 1. The maximum absolute atomic E-state index is 13.3. The van der Waals surface area contributed by atoms with Crippen LogP contribution < -0.4 is 0 Å². The number of rotatable bonds is 3. The van der Waals surface area contributed by atoms with Crippen molar-refractivity contribution in [1.82, 2.24) is 9.47 Å². The summed E-state index contributed by atoms with van der Waals surface area (Å²) in [6.07, 6.45) is 6.02. The third-order valence-corrected chi connectivity index (χ3v) is 5.33. The molecular weight excluding hydrogens is 323 g/mol. The van der Waals surface area contributed by atoms with Gasteiger partial charge in [0.25, 0.3) is 5.91 Å². The Kier molecular flexibility index (Phi) is 3.94. The Bertz CT molecular complexity index is 846. The molecule has 122 valence electrons. The first-order valence-corrected chi connectivity index (χ1v) is 8.92. The summed E-state index contributed by atoms with van der Waals surface area (Å²) in [6.45, 7) is 1.65. The van der Waals surface area contributed by atoms with E-state index in [0.29, 0.717) is 0 Å². The largest absolute Gasteiger partial charge is 0.338 e. The maximum atomic E-state index is 13.3. The van der Waals surface area contributed by atoms with Gasteiger partial charge in [0.2, 0.25) is 0 Å². The van der Waals surface area contributed by atoms with Gasteiger partial charge >= 0.3 is 0 Å². The van der Waals surface area contributed by atoms with E-state index in [-0.39, 0.29) is 11.7 Å². The minimum absolute atomic E-state index is 0.0922. The van der Waals surface area contributed by atoms with E-state index in [9.17, 15) is 9.18 Å². The minimum atomic E-state index is -0.259. The van der Waals surface area contributed by atoms with E-state index in [1.807, 2.05) is 39.4 Å². The maximum Gasteiger partial charge on any atom is 0.266 e. The Hall–Kier alpha value is -2.40. The van der Waals surface area contributed by atoms with Gasteiger partial charge in [-0.2, -0.15) is 0 Å². The van der Waals surface area contributed by atoms with Gasteiger partial charge in [0, 0.05) is 36.4 Å². The molecule has 24 heavy (non-hydrogen) atoms. The van der Waals surface area contributed by atoms with Crippen LogP contribution in [0.4, 0.5) is 4.39 Å². The Balaban J connectivity index is 1.83. The van der Waals surface area contributed by atoms with Gasteiger partial charge < -0.3 is 9.47 Å². The second kappa shape index (κ2) is 6.24. The summed E-state index contributed by atoms with van der Waals surface area (Å²) in [5.74, 6) is -0.167. The fourth-order valence-corrected chi connectivity index (χ4v) is 4.18. The Morgan fingerprint density at radius 3 is 2.38 bits per heavy atom. The molecule has 0 aliphatic carbocycles. The van der Waals surface area contributed by atoms with Crippen LogP contribution in [-0.2, 0) is 0 Å². The number of carbonyl (C=O) groups excluding carboxylic acids is 1. The molecule has 0 saturated carbocycles. The second-order valence-electron chi connectivity index (χ2n) is 5.92. The summed E-state index contributed by atoms with van der Waals surface area (Å²) >= 11 is 1.46. The van der Waals surface area contributed by atoms with Crippen LogP contribution in [-0.4, -0.2) is 28.5 Å². The molecule has 3 nitrogen and oxygen atoms in total. The van der Waals surface area contributed by atoms with E-state index >= 15 is 0 Å². The molecular formula is C19H17FN2OS. The van der Waals surface area contributed by atoms with E-state index in [4.69, 9.17) is 0 Å². The van der Waals surface area contributed by atoms with Crippen LogP contribution in [0.5, 0.6) is 0 Å². The van der Waals surface area contributed by atoms with E-state index in [1.165, 1.54) is 23.5 Å². The zero-order valence-electron chi connectivity index (χ0n) is 13.1. The van der Waals surface area contributed by atoms with Crippen molar-refractivity contribution in [3.8, 4) is 16.8 Å². The minimum Gasteiger partial charge on any atom is -0.338 e. The molecule has 1 fully saturated rings. The lowest BCUT2D eigenvalue weighted by molar-refractivity contribution is 0.0797. The molecule has 1 amide bonds. The molecule has 0 radical (unpaired) electrons. The summed E-state index contributed by atoms with van der Waals surface area (Å²) < 4.78 is 15.2. The lowest BCUT2D eigenvalue weighted by Crippen LogP contribution is -2.27. The van der Waals surface area contributed by atoms with Crippen LogP contribution in [0.15, 0.2) is 54.2 Å². The molecule has 0 unspecified atom stereocenters.